The lowest BCUT2D eigenvalue weighted by molar-refractivity contribution is -0.332. The van der Waals surface area contributed by atoms with E-state index in [1.807, 2.05) is 0 Å². The van der Waals surface area contributed by atoms with Crippen LogP contribution >= 0.6 is 0 Å². The first-order valence-corrected chi connectivity index (χ1v) is 35.1. The van der Waals surface area contributed by atoms with Crippen LogP contribution in [0.4, 0.5) is 0 Å². The molecule has 0 aromatic carbocycles. The predicted octanol–water partition coefficient (Wildman–Crippen LogP) is 14.7. The van der Waals surface area contributed by atoms with Gasteiger partial charge in [0.2, 0.25) is 0 Å². The van der Waals surface area contributed by atoms with E-state index in [1.165, 1.54) is 263 Å². The summed E-state index contributed by atoms with van der Waals surface area (Å²) in [5.74, 6) is -0.364. The lowest BCUT2D eigenvalue weighted by atomic mass is 9.98. The van der Waals surface area contributed by atoms with Gasteiger partial charge in [-0.15, -0.1) is 0 Å². The number of esters is 1. The minimum absolute atomic E-state index is 0.0716. The third-order valence-electron chi connectivity index (χ3n) is 17.4. The van der Waals surface area contributed by atoms with Crippen LogP contribution in [0.3, 0.4) is 0 Å². The summed E-state index contributed by atoms with van der Waals surface area (Å²) in [4.78, 5) is 13.2. The molecule has 0 aliphatic carbocycles. The molecule has 0 saturated carbocycles. The predicted molar refractivity (Wildman–Crippen MR) is 331 cm³/mol. The zero-order valence-corrected chi connectivity index (χ0v) is 53.0. The zero-order chi connectivity index (χ0) is 59.4. The van der Waals surface area contributed by atoms with E-state index in [4.69, 9.17) is 28.4 Å². The van der Waals surface area contributed by atoms with Gasteiger partial charge >= 0.3 is 5.97 Å². The Labute approximate surface area is 502 Å². The summed E-state index contributed by atoms with van der Waals surface area (Å²) in [6, 6.07) is 0. The van der Waals surface area contributed by atoms with Gasteiger partial charge in [-0.3, -0.25) is 4.79 Å². The molecule has 0 aromatic rings. The standard InChI is InChI=1S/C68H132O14/c1-3-5-7-9-11-13-15-17-19-21-23-25-27-28-29-31-33-35-37-39-41-43-45-47-49-51-60(70)80-57(55-78-67-66(76)64(74)62(72)59(82-67)56-79-68-65(75)63(73)61(71)58(53-69)81-68)54-77-52-50-48-46-44-42-40-38-36-34-32-30-26-24-22-20-18-16-14-12-10-8-6-4-2/h57-59,61-69,71-76H,3-56H2,1-2H3. The number of aliphatic hydroxyl groups excluding tert-OH is 7. The molecule has 2 aliphatic heterocycles. The lowest BCUT2D eigenvalue weighted by Gasteiger charge is -2.42. The molecule has 0 bridgehead atoms. The fourth-order valence-electron chi connectivity index (χ4n) is 11.8. The zero-order valence-electron chi connectivity index (χ0n) is 53.0. The van der Waals surface area contributed by atoms with E-state index in [0.717, 1.165) is 44.9 Å². The van der Waals surface area contributed by atoms with Crippen molar-refractivity contribution >= 4 is 5.97 Å². The van der Waals surface area contributed by atoms with E-state index < -0.39 is 80.7 Å². The summed E-state index contributed by atoms with van der Waals surface area (Å²) >= 11 is 0. The quantitative estimate of drug-likeness (QED) is 0.0223. The van der Waals surface area contributed by atoms with Crippen LogP contribution in [0, 0.1) is 0 Å². The van der Waals surface area contributed by atoms with Gasteiger partial charge in [0.25, 0.3) is 0 Å². The second-order valence-corrected chi connectivity index (χ2v) is 25.1. The second-order valence-electron chi connectivity index (χ2n) is 25.1. The maximum Gasteiger partial charge on any atom is 0.306 e. The van der Waals surface area contributed by atoms with Crippen LogP contribution in [0.2, 0.25) is 0 Å². The molecule has 0 amide bonds. The van der Waals surface area contributed by atoms with Crippen LogP contribution in [0.15, 0.2) is 0 Å². The minimum atomic E-state index is -1.70. The van der Waals surface area contributed by atoms with Gasteiger partial charge in [-0.25, -0.2) is 0 Å². The van der Waals surface area contributed by atoms with E-state index in [9.17, 15) is 40.5 Å². The third kappa shape index (κ3) is 40.4. The monoisotopic (exact) mass is 1170 g/mol. The normalized spacial score (nSPS) is 23.4. The average molecular weight is 1170 g/mol. The molecule has 0 aromatic heterocycles. The molecule has 2 saturated heterocycles. The highest BCUT2D eigenvalue weighted by Gasteiger charge is 2.47. The van der Waals surface area contributed by atoms with Crippen LogP contribution in [-0.4, -0.2) is 142 Å². The summed E-state index contributed by atoms with van der Waals surface area (Å²) in [6.45, 7) is 3.80. The van der Waals surface area contributed by atoms with Gasteiger partial charge in [0.1, 0.15) is 54.9 Å². The Hall–Kier alpha value is -1.01. The Morgan fingerprint density at radius 1 is 0.354 bits per heavy atom. The van der Waals surface area contributed by atoms with Crippen LogP contribution in [0.1, 0.15) is 328 Å². The topological polar surface area (TPSA) is 214 Å². The molecule has 2 fully saturated rings. The van der Waals surface area contributed by atoms with Crippen molar-refractivity contribution in [3.8, 4) is 0 Å². The number of ether oxygens (including phenoxy) is 6. The van der Waals surface area contributed by atoms with Gasteiger partial charge in [0.05, 0.1) is 26.4 Å². The van der Waals surface area contributed by atoms with Crippen molar-refractivity contribution in [2.24, 2.45) is 0 Å². The van der Waals surface area contributed by atoms with Crippen LogP contribution in [0.25, 0.3) is 0 Å². The maximum absolute atomic E-state index is 13.2. The smallest absolute Gasteiger partial charge is 0.306 e. The van der Waals surface area contributed by atoms with Crippen LogP contribution in [0.5, 0.6) is 0 Å². The summed E-state index contributed by atoms with van der Waals surface area (Å²) in [5, 5.41) is 72.6. The highest BCUT2D eigenvalue weighted by Crippen LogP contribution is 2.27. The van der Waals surface area contributed by atoms with Crippen molar-refractivity contribution in [2.75, 3.05) is 33.0 Å². The Kier molecular flexibility index (Phi) is 52.0. The average Bonchev–Trinajstić information content (AvgIpc) is 3.54. The van der Waals surface area contributed by atoms with Crippen molar-refractivity contribution < 1.29 is 69.0 Å². The molecule has 2 aliphatic rings. The van der Waals surface area contributed by atoms with E-state index in [2.05, 4.69) is 13.8 Å². The highest BCUT2D eigenvalue weighted by molar-refractivity contribution is 5.69. The largest absolute Gasteiger partial charge is 0.457 e. The van der Waals surface area contributed by atoms with Gasteiger partial charge in [0, 0.05) is 13.0 Å². The van der Waals surface area contributed by atoms with E-state index in [0.29, 0.717) is 6.61 Å². The first kappa shape index (κ1) is 77.1. The van der Waals surface area contributed by atoms with Crippen molar-refractivity contribution in [3.05, 3.63) is 0 Å². The van der Waals surface area contributed by atoms with Gasteiger partial charge in [-0.1, -0.05) is 309 Å². The van der Waals surface area contributed by atoms with E-state index in [-0.39, 0.29) is 25.6 Å². The SMILES string of the molecule is CCCCCCCCCCCCCCCCCCCCCCCCCCCC(=O)OC(COCCCCCCCCCCCCCCCCCCCCCCCCC)COC1OC(COC2OC(CO)C(O)C(O)C2O)C(O)C(O)C1O. The Morgan fingerprint density at radius 3 is 0.988 bits per heavy atom. The summed E-state index contributed by atoms with van der Waals surface area (Å²) in [7, 11) is 0. The number of carbonyl (C=O) groups is 1. The number of aliphatic hydroxyl groups is 7. The van der Waals surface area contributed by atoms with Crippen molar-refractivity contribution in [2.45, 2.75) is 396 Å². The molecule has 11 unspecified atom stereocenters. The molecule has 14 heteroatoms. The van der Waals surface area contributed by atoms with Crippen molar-refractivity contribution in [3.63, 3.8) is 0 Å². The molecule has 82 heavy (non-hydrogen) atoms. The number of carbonyl (C=O) groups excluding carboxylic acids is 1. The number of hydrogen-bond acceptors (Lipinski definition) is 14. The number of hydrogen-bond donors (Lipinski definition) is 7. The summed E-state index contributed by atoms with van der Waals surface area (Å²) in [6.07, 6.45) is 47.6. The highest BCUT2D eigenvalue weighted by atomic mass is 16.7. The van der Waals surface area contributed by atoms with Gasteiger partial charge in [-0.05, 0) is 12.8 Å². The molecule has 11 atom stereocenters. The molecule has 7 N–H and O–H groups in total. The first-order valence-electron chi connectivity index (χ1n) is 35.1. The molecule has 14 nitrogen and oxygen atoms in total. The molecule has 2 heterocycles. The van der Waals surface area contributed by atoms with Crippen LogP contribution in [-0.2, 0) is 33.2 Å². The third-order valence-corrected chi connectivity index (χ3v) is 17.4. The first-order chi connectivity index (χ1) is 40.1. The summed E-state index contributed by atoms with van der Waals surface area (Å²) < 4.78 is 34.6. The maximum atomic E-state index is 13.2. The fourth-order valence-corrected chi connectivity index (χ4v) is 11.8. The molecule has 0 radical (unpaired) electrons. The fraction of sp³-hybridized carbons (Fsp3) is 0.985. The molecule has 0 spiro atoms. The van der Waals surface area contributed by atoms with Crippen LogP contribution < -0.4 is 0 Å². The Balaban J connectivity index is 1.62. The van der Waals surface area contributed by atoms with Crippen molar-refractivity contribution in [1.29, 1.82) is 0 Å². The Bertz CT molecular complexity index is 1360. The van der Waals surface area contributed by atoms with Gasteiger partial charge < -0.3 is 64.2 Å². The molecular weight excluding hydrogens is 1040 g/mol. The van der Waals surface area contributed by atoms with Crippen molar-refractivity contribution in [1.82, 2.24) is 0 Å². The molecule has 488 valence electrons. The minimum Gasteiger partial charge on any atom is -0.457 e. The van der Waals surface area contributed by atoms with Gasteiger partial charge in [-0.2, -0.15) is 0 Å². The second kappa shape index (κ2) is 55.3. The summed E-state index contributed by atoms with van der Waals surface area (Å²) in [5.41, 5.74) is 0. The Morgan fingerprint density at radius 2 is 0.646 bits per heavy atom. The number of unbranched alkanes of at least 4 members (excludes halogenated alkanes) is 46. The van der Waals surface area contributed by atoms with E-state index >= 15 is 0 Å². The van der Waals surface area contributed by atoms with E-state index in [1.54, 1.807) is 0 Å². The lowest BCUT2D eigenvalue weighted by Crippen LogP contribution is -2.61. The number of rotatable bonds is 60. The van der Waals surface area contributed by atoms with Gasteiger partial charge in [0.15, 0.2) is 12.6 Å². The molecular formula is C68H132O14. The molecule has 2 rings (SSSR count).